The van der Waals surface area contributed by atoms with Crippen molar-refractivity contribution in [2.75, 3.05) is 23.4 Å². The predicted molar refractivity (Wildman–Crippen MR) is 152 cm³/mol. The van der Waals surface area contributed by atoms with Gasteiger partial charge in [0.25, 0.3) is 11.5 Å². The average Bonchev–Trinajstić information content (AvgIpc) is 3.56. The Labute approximate surface area is 230 Å². The number of carbonyl (C=O) groups is 1. The summed E-state index contributed by atoms with van der Waals surface area (Å²) < 4.78 is 3.09. The van der Waals surface area contributed by atoms with Crippen molar-refractivity contribution < 1.29 is 15.0 Å². The summed E-state index contributed by atoms with van der Waals surface area (Å²) >= 11 is 1.65. The average molecular weight is 546 g/mol. The number of rotatable bonds is 7. The minimum Gasteiger partial charge on any atom is -0.394 e. The van der Waals surface area contributed by atoms with Crippen molar-refractivity contribution in [2.24, 2.45) is 7.05 Å². The lowest BCUT2D eigenvalue weighted by molar-refractivity contribution is 0.0984. The van der Waals surface area contributed by atoms with Gasteiger partial charge in [-0.25, -0.2) is 0 Å². The minimum absolute atomic E-state index is 0.00482. The Morgan fingerprint density at radius 2 is 1.92 bits per heavy atom. The molecule has 3 aromatic heterocycles. The van der Waals surface area contributed by atoms with Crippen LogP contribution in [0.3, 0.4) is 0 Å². The topological polar surface area (TPSA) is 113 Å². The van der Waals surface area contributed by atoms with E-state index in [4.69, 9.17) is 5.11 Å². The van der Waals surface area contributed by atoms with Crippen LogP contribution in [0, 0.1) is 0 Å². The molecule has 0 fully saturated rings. The molecule has 1 aliphatic carbocycles. The lowest BCUT2D eigenvalue weighted by Crippen LogP contribution is -2.37. The number of aromatic nitrogens is 3. The molecule has 1 aliphatic heterocycles. The Bertz CT molecular complexity index is 1620. The molecule has 0 radical (unpaired) electrons. The standard InChI is InChI=1S/C29H31N5O4S/c1-32-15-18(13-24(28(32)37)31-19-14-30-33(16-19)11-12-35)20-6-4-7-25(23(20)17-36)34-10-9-22-21-5-2-3-8-26(21)39-27(22)29(34)38/h4,6-7,13-16,31,35-36H,2-3,5,8-12,17H2,1H3. The first-order valence-corrected chi connectivity index (χ1v) is 14.1. The van der Waals surface area contributed by atoms with E-state index in [0.717, 1.165) is 35.3 Å². The molecule has 0 bridgehead atoms. The van der Waals surface area contributed by atoms with Gasteiger partial charge >= 0.3 is 0 Å². The quantitative estimate of drug-likeness (QED) is 0.327. The molecular formula is C29H31N5O4S. The number of aliphatic hydroxyl groups is 2. The lowest BCUT2D eigenvalue weighted by Gasteiger charge is -2.30. The molecule has 10 heteroatoms. The second kappa shape index (κ2) is 10.4. The summed E-state index contributed by atoms with van der Waals surface area (Å²) in [5, 5.41) is 27.0. The van der Waals surface area contributed by atoms with E-state index in [1.807, 2.05) is 18.2 Å². The number of nitrogens with zero attached hydrogens (tertiary/aromatic N) is 4. The molecule has 39 heavy (non-hydrogen) atoms. The highest BCUT2D eigenvalue weighted by atomic mass is 32.1. The molecule has 0 unspecified atom stereocenters. The Morgan fingerprint density at radius 1 is 1.08 bits per heavy atom. The van der Waals surface area contributed by atoms with Crippen molar-refractivity contribution in [1.29, 1.82) is 0 Å². The first-order chi connectivity index (χ1) is 19.0. The monoisotopic (exact) mass is 545 g/mol. The third-order valence-electron chi connectivity index (χ3n) is 7.64. The number of carbonyl (C=O) groups excluding carboxylic acids is 1. The molecule has 1 aromatic carbocycles. The molecule has 4 aromatic rings. The third-order valence-corrected chi connectivity index (χ3v) is 8.96. The summed E-state index contributed by atoms with van der Waals surface area (Å²) in [6.45, 7) is 0.650. The van der Waals surface area contributed by atoms with Crippen molar-refractivity contribution in [1.82, 2.24) is 14.3 Å². The van der Waals surface area contributed by atoms with Crippen LogP contribution in [-0.4, -0.2) is 43.6 Å². The van der Waals surface area contributed by atoms with Gasteiger partial charge < -0.3 is 25.0 Å². The molecule has 9 nitrogen and oxygen atoms in total. The maximum atomic E-state index is 13.7. The number of aliphatic hydroxyl groups excluding tert-OH is 2. The zero-order valence-electron chi connectivity index (χ0n) is 21.8. The van der Waals surface area contributed by atoms with E-state index >= 15 is 0 Å². The van der Waals surface area contributed by atoms with Gasteiger partial charge in [-0.15, -0.1) is 11.3 Å². The van der Waals surface area contributed by atoms with Gasteiger partial charge in [0.15, 0.2) is 0 Å². The Morgan fingerprint density at radius 3 is 2.74 bits per heavy atom. The van der Waals surface area contributed by atoms with Crippen LogP contribution in [0.2, 0.25) is 0 Å². The van der Waals surface area contributed by atoms with Crippen LogP contribution in [0.5, 0.6) is 0 Å². The van der Waals surface area contributed by atoms with Crippen LogP contribution in [-0.2, 0) is 39.5 Å². The number of benzene rings is 1. The number of amides is 1. The number of nitrogens with one attached hydrogen (secondary N) is 1. The zero-order chi connectivity index (χ0) is 27.1. The van der Waals surface area contributed by atoms with Crippen molar-refractivity contribution >= 4 is 34.3 Å². The Balaban J connectivity index is 1.36. The molecule has 202 valence electrons. The highest BCUT2D eigenvalue weighted by Crippen LogP contribution is 2.40. The number of anilines is 3. The summed E-state index contributed by atoms with van der Waals surface area (Å²) in [7, 11) is 1.68. The molecule has 0 saturated carbocycles. The molecule has 0 atom stereocenters. The highest BCUT2D eigenvalue weighted by Gasteiger charge is 2.33. The van der Waals surface area contributed by atoms with E-state index in [1.54, 1.807) is 52.6 Å². The molecule has 1 amide bonds. The molecule has 6 rings (SSSR count). The number of pyridine rings is 1. The molecule has 0 saturated heterocycles. The van der Waals surface area contributed by atoms with Gasteiger partial charge in [0.1, 0.15) is 5.69 Å². The SMILES string of the molecule is Cn1cc(-c2cccc(N3CCc4c(sc5c4CCCC5)C3=O)c2CO)cc(Nc2cnn(CCO)c2)c1=O. The molecule has 2 aliphatic rings. The predicted octanol–water partition coefficient (Wildman–Crippen LogP) is 3.62. The number of hydrogen-bond acceptors (Lipinski definition) is 7. The second-order valence-corrected chi connectivity index (χ2v) is 11.2. The van der Waals surface area contributed by atoms with E-state index in [1.165, 1.54) is 33.4 Å². The van der Waals surface area contributed by atoms with Crippen LogP contribution < -0.4 is 15.8 Å². The Hall–Kier alpha value is -3.73. The molecule has 4 heterocycles. The van der Waals surface area contributed by atoms with E-state index in [9.17, 15) is 14.7 Å². The molecular weight excluding hydrogens is 514 g/mol. The normalized spacial score (nSPS) is 14.8. The van der Waals surface area contributed by atoms with Gasteiger partial charge in [-0.05, 0) is 60.9 Å². The molecule has 0 spiro atoms. The van der Waals surface area contributed by atoms with Crippen LogP contribution in [0.15, 0.2) is 47.7 Å². The first-order valence-electron chi connectivity index (χ1n) is 13.3. The number of aryl methyl sites for hydroxylation is 2. The fraction of sp³-hybridized carbons (Fsp3) is 0.345. The molecule has 3 N–H and O–H groups in total. The first kappa shape index (κ1) is 25.5. The van der Waals surface area contributed by atoms with Crippen molar-refractivity contribution in [2.45, 2.75) is 45.3 Å². The third kappa shape index (κ3) is 4.58. The van der Waals surface area contributed by atoms with E-state index in [0.29, 0.717) is 35.7 Å². The summed E-state index contributed by atoms with van der Waals surface area (Å²) in [5.74, 6) is 0.00482. The fourth-order valence-electron chi connectivity index (χ4n) is 5.77. The summed E-state index contributed by atoms with van der Waals surface area (Å²) in [5.41, 5.74) is 6.25. The van der Waals surface area contributed by atoms with Crippen molar-refractivity contribution in [3.05, 3.63) is 79.7 Å². The van der Waals surface area contributed by atoms with Crippen molar-refractivity contribution in [3.8, 4) is 11.1 Å². The van der Waals surface area contributed by atoms with Crippen LogP contribution in [0.1, 0.15) is 44.1 Å². The number of hydrogen-bond donors (Lipinski definition) is 3. The maximum Gasteiger partial charge on any atom is 0.274 e. The van der Waals surface area contributed by atoms with Crippen LogP contribution in [0.25, 0.3) is 11.1 Å². The number of fused-ring (bicyclic) bond motifs is 3. The summed E-state index contributed by atoms with van der Waals surface area (Å²) in [4.78, 5) is 30.7. The van der Waals surface area contributed by atoms with Gasteiger partial charge in [-0.3, -0.25) is 14.3 Å². The van der Waals surface area contributed by atoms with Crippen LogP contribution >= 0.6 is 11.3 Å². The van der Waals surface area contributed by atoms with E-state index < -0.39 is 0 Å². The Kier molecular flexibility index (Phi) is 6.84. The smallest absolute Gasteiger partial charge is 0.274 e. The highest BCUT2D eigenvalue weighted by molar-refractivity contribution is 7.14. The van der Waals surface area contributed by atoms with Gasteiger partial charge in [-0.1, -0.05) is 12.1 Å². The fourth-order valence-corrected chi connectivity index (χ4v) is 7.15. The largest absolute Gasteiger partial charge is 0.394 e. The number of thiophene rings is 1. The van der Waals surface area contributed by atoms with Gasteiger partial charge in [0.2, 0.25) is 0 Å². The lowest BCUT2D eigenvalue weighted by atomic mass is 9.91. The maximum absolute atomic E-state index is 13.7. The summed E-state index contributed by atoms with van der Waals surface area (Å²) in [6, 6.07) is 7.44. The summed E-state index contributed by atoms with van der Waals surface area (Å²) in [6.07, 6.45) is 10.4. The van der Waals surface area contributed by atoms with Gasteiger partial charge in [0, 0.05) is 42.0 Å². The van der Waals surface area contributed by atoms with E-state index in [-0.39, 0.29) is 24.7 Å². The van der Waals surface area contributed by atoms with E-state index in [2.05, 4.69) is 10.4 Å². The van der Waals surface area contributed by atoms with Crippen LogP contribution in [0.4, 0.5) is 17.1 Å². The minimum atomic E-state index is -0.247. The second-order valence-electron chi connectivity index (χ2n) is 10.1. The zero-order valence-corrected chi connectivity index (χ0v) is 22.6. The van der Waals surface area contributed by atoms with Gasteiger partial charge in [0.05, 0.1) is 42.2 Å². The van der Waals surface area contributed by atoms with Crippen molar-refractivity contribution in [3.63, 3.8) is 0 Å². The van der Waals surface area contributed by atoms with Gasteiger partial charge in [-0.2, -0.15) is 5.10 Å².